The summed E-state index contributed by atoms with van der Waals surface area (Å²) in [4.78, 5) is 4.34. The maximum atomic E-state index is 5.97. The molecule has 1 heterocycles. The SMILES string of the molecule is Nc1ccc(Br)cc1-c1nc(-c2cc(Cl)cc(Cl)c2)no1. The lowest BCUT2D eigenvalue weighted by atomic mass is 10.2. The first-order valence-corrected chi connectivity index (χ1v) is 7.43. The van der Waals surface area contributed by atoms with Crippen LogP contribution in [0.4, 0.5) is 5.69 Å². The van der Waals surface area contributed by atoms with Gasteiger partial charge in [0.05, 0.1) is 5.56 Å². The summed E-state index contributed by atoms with van der Waals surface area (Å²) in [5.74, 6) is 0.730. The summed E-state index contributed by atoms with van der Waals surface area (Å²) in [5.41, 5.74) is 7.82. The number of benzene rings is 2. The average Bonchev–Trinajstić information content (AvgIpc) is 2.90. The van der Waals surface area contributed by atoms with E-state index in [-0.39, 0.29) is 0 Å². The Balaban J connectivity index is 2.05. The van der Waals surface area contributed by atoms with Gasteiger partial charge in [0, 0.05) is 25.8 Å². The van der Waals surface area contributed by atoms with Crippen LogP contribution in [0.2, 0.25) is 10.0 Å². The number of anilines is 1. The highest BCUT2D eigenvalue weighted by Crippen LogP contribution is 2.31. The second-order valence-corrected chi connectivity index (χ2v) is 6.10. The van der Waals surface area contributed by atoms with Crippen LogP contribution in [0.5, 0.6) is 0 Å². The van der Waals surface area contributed by atoms with Gasteiger partial charge in [0.2, 0.25) is 5.82 Å². The Morgan fingerprint density at radius 2 is 1.76 bits per heavy atom. The molecule has 4 nitrogen and oxygen atoms in total. The minimum absolute atomic E-state index is 0.333. The highest BCUT2D eigenvalue weighted by Gasteiger charge is 2.14. The van der Waals surface area contributed by atoms with Crippen molar-refractivity contribution >= 4 is 44.8 Å². The molecule has 2 N–H and O–H groups in total. The van der Waals surface area contributed by atoms with E-state index in [1.54, 1.807) is 24.3 Å². The summed E-state index contributed by atoms with van der Waals surface area (Å²) >= 11 is 15.3. The quantitative estimate of drug-likeness (QED) is 0.627. The van der Waals surface area contributed by atoms with Crippen molar-refractivity contribution in [2.24, 2.45) is 0 Å². The normalized spacial score (nSPS) is 10.8. The topological polar surface area (TPSA) is 64.9 Å². The Morgan fingerprint density at radius 1 is 1.05 bits per heavy atom. The summed E-state index contributed by atoms with van der Waals surface area (Å²) < 4.78 is 6.15. The van der Waals surface area contributed by atoms with Crippen molar-refractivity contribution in [2.75, 3.05) is 5.73 Å². The van der Waals surface area contributed by atoms with Crippen molar-refractivity contribution in [3.8, 4) is 22.8 Å². The summed E-state index contributed by atoms with van der Waals surface area (Å²) in [6.45, 7) is 0. The molecule has 0 spiro atoms. The lowest BCUT2D eigenvalue weighted by Gasteiger charge is -2.00. The molecule has 0 bridgehead atoms. The first kappa shape index (κ1) is 14.4. The van der Waals surface area contributed by atoms with E-state index in [1.807, 2.05) is 12.1 Å². The zero-order valence-electron chi connectivity index (χ0n) is 10.5. The van der Waals surface area contributed by atoms with Crippen LogP contribution in [-0.4, -0.2) is 10.1 Å². The molecule has 3 aromatic rings. The molecule has 0 aliphatic rings. The third-order valence-corrected chi connectivity index (χ3v) is 3.72. The molecule has 0 atom stereocenters. The van der Waals surface area contributed by atoms with Crippen molar-refractivity contribution in [1.29, 1.82) is 0 Å². The van der Waals surface area contributed by atoms with Crippen molar-refractivity contribution in [2.45, 2.75) is 0 Å². The summed E-state index contributed by atoms with van der Waals surface area (Å²) in [6, 6.07) is 10.5. The van der Waals surface area contributed by atoms with Crippen LogP contribution >= 0.6 is 39.1 Å². The van der Waals surface area contributed by atoms with Gasteiger partial charge in [-0.25, -0.2) is 0 Å². The number of hydrogen-bond donors (Lipinski definition) is 1. The Morgan fingerprint density at radius 3 is 2.48 bits per heavy atom. The fourth-order valence-corrected chi connectivity index (χ4v) is 2.73. The summed E-state index contributed by atoms with van der Waals surface area (Å²) in [7, 11) is 0. The van der Waals surface area contributed by atoms with Gasteiger partial charge in [-0.2, -0.15) is 4.98 Å². The van der Waals surface area contributed by atoms with Gasteiger partial charge in [0.15, 0.2) is 0 Å². The zero-order chi connectivity index (χ0) is 15.0. The first-order valence-electron chi connectivity index (χ1n) is 5.88. The fourth-order valence-electron chi connectivity index (χ4n) is 1.85. The predicted octanol–water partition coefficient (Wildman–Crippen LogP) is 5.06. The highest BCUT2D eigenvalue weighted by molar-refractivity contribution is 9.10. The molecule has 0 amide bonds. The molecule has 0 saturated carbocycles. The highest BCUT2D eigenvalue weighted by atomic mass is 79.9. The molecule has 1 aromatic heterocycles. The van der Waals surface area contributed by atoms with Crippen molar-refractivity contribution in [1.82, 2.24) is 10.1 Å². The Hall–Kier alpha value is -1.56. The van der Waals surface area contributed by atoms with E-state index in [9.17, 15) is 0 Å². The minimum atomic E-state index is 0.333. The van der Waals surface area contributed by atoms with E-state index in [0.29, 0.717) is 38.6 Å². The second kappa shape index (κ2) is 5.67. The van der Waals surface area contributed by atoms with Gasteiger partial charge >= 0.3 is 0 Å². The van der Waals surface area contributed by atoms with E-state index in [4.69, 9.17) is 33.5 Å². The Kier molecular flexibility index (Phi) is 3.89. The molecular formula is C14H8BrCl2N3O. The number of nitrogen functional groups attached to an aromatic ring is 1. The predicted molar refractivity (Wildman–Crippen MR) is 87.3 cm³/mol. The maximum Gasteiger partial charge on any atom is 0.260 e. The Bertz CT molecular complexity index is 799. The van der Waals surface area contributed by atoms with Gasteiger partial charge in [0.25, 0.3) is 5.89 Å². The molecule has 0 fully saturated rings. The molecular weight excluding hydrogens is 377 g/mol. The number of nitrogens with zero attached hydrogens (tertiary/aromatic N) is 2. The van der Waals surface area contributed by atoms with E-state index < -0.39 is 0 Å². The van der Waals surface area contributed by atoms with E-state index in [1.165, 1.54) is 0 Å². The van der Waals surface area contributed by atoms with Gasteiger partial charge in [-0.15, -0.1) is 0 Å². The standard InChI is InChI=1S/C14H8BrCl2N3O/c15-8-1-2-12(18)11(5-8)14-19-13(20-21-14)7-3-9(16)6-10(17)4-7/h1-6H,18H2. The number of rotatable bonds is 2. The van der Waals surface area contributed by atoms with Crippen LogP contribution in [0.15, 0.2) is 45.4 Å². The molecule has 3 rings (SSSR count). The third kappa shape index (κ3) is 3.05. The van der Waals surface area contributed by atoms with Gasteiger partial charge in [-0.05, 0) is 36.4 Å². The van der Waals surface area contributed by atoms with Crippen LogP contribution in [-0.2, 0) is 0 Å². The third-order valence-electron chi connectivity index (χ3n) is 2.79. The van der Waals surface area contributed by atoms with Crippen molar-refractivity contribution < 1.29 is 4.52 Å². The maximum absolute atomic E-state index is 5.97. The van der Waals surface area contributed by atoms with E-state index in [0.717, 1.165) is 4.47 Å². The van der Waals surface area contributed by atoms with E-state index in [2.05, 4.69) is 26.1 Å². The number of aromatic nitrogens is 2. The minimum Gasteiger partial charge on any atom is -0.398 e. The molecule has 7 heteroatoms. The van der Waals surface area contributed by atoms with Gasteiger partial charge < -0.3 is 10.3 Å². The summed E-state index contributed by atoms with van der Waals surface area (Å²) in [6.07, 6.45) is 0. The summed E-state index contributed by atoms with van der Waals surface area (Å²) in [5, 5.41) is 4.95. The average molecular weight is 385 g/mol. The first-order chi connectivity index (χ1) is 10.0. The molecule has 0 radical (unpaired) electrons. The molecule has 0 aliphatic carbocycles. The lowest BCUT2D eigenvalue weighted by molar-refractivity contribution is 0.432. The lowest BCUT2D eigenvalue weighted by Crippen LogP contribution is -1.90. The number of nitrogens with two attached hydrogens (primary N) is 1. The van der Waals surface area contributed by atoms with Crippen LogP contribution in [0.3, 0.4) is 0 Å². The van der Waals surface area contributed by atoms with Crippen molar-refractivity contribution in [3.63, 3.8) is 0 Å². The second-order valence-electron chi connectivity index (χ2n) is 4.31. The molecule has 21 heavy (non-hydrogen) atoms. The van der Waals surface area contributed by atoms with Crippen LogP contribution in [0, 0.1) is 0 Å². The van der Waals surface area contributed by atoms with Crippen molar-refractivity contribution in [3.05, 3.63) is 50.9 Å². The van der Waals surface area contributed by atoms with Crippen LogP contribution in [0.25, 0.3) is 22.8 Å². The zero-order valence-corrected chi connectivity index (χ0v) is 13.6. The monoisotopic (exact) mass is 383 g/mol. The largest absolute Gasteiger partial charge is 0.398 e. The molecule has 0 unspecified atom stereocenters. The van der Waals surface area contributed by atoms with Crippen LogP contribution < -0.4 is 5.73 Å². The molecule has 0 saturated heterocycles. The Labute approximate surface area is 139 Å². The van der Waals surface area contributed by atoms with E-state index >= 15 is 0 Å². The van der Waals surface area contributed by atoms with Gasteiger partial charge in [0.1, 0.15) is 0 Å². The number of halogens is 3. The van der Waals surface area contributed by atoms with Crippen LogP contribution in [0.1, 0.15) is 0 Å². The fraction of sp³-hybridized carbons (Fsp3) is 0. The molecule has 106 valence electrons. The van der Waals surface area contributed by atoms with Gasteiger partial charge in [-0.1, -0.05) is 44.3 Å². The smallest absolute Gasteiger partial charge is 0.260 e. The molecule has 0 aliphatic heterocycles. The molecule has 2 aromatic carbocycles. The number of hydrogen-bond acceptors (Lipinski definition) is 4. The van der Waals surface area contributed by atoms with Gasteiger partial charge in [-0.3, -0.25) is 0 Å².